The van der Waals surface area contributed by atoms with Gasteiger partial charge >= 0.3 is 0 Å². The number of fused-ring (bicyclic) bond motifs is 1. The Morgan fingerprint density at radius 3 is 2.44 bits per heavy atom. The van der Waals surface area contributed by atoms with Crippen LogP contribution in [0.25, 0.3) is 5.78 Å². The van der Waals surface area contributed by atoms with Gasteiger partial charge in [0.25, 0.3) is 5.78 Å². The van der Waals surface area contributed by atoms with Crippen molar-refractivity contribution in [2.75, 3.05) is 14.2 Å². The number of rotatable bonds is 7. The first kappa shape index (κ1) is 21.3. The Morgan fingerprint density at radius 1 is 1.09 bits per heavy atom. The lowest BCUT2D eigenvalue weighted by Gasteiger charge is -2.20. The Hall–Kier alpha value is -3.95. The summed E-state index contributed by atoms with van der Waals surface area (Å²) in [5.74, 6) is 2.53. The molecule has 4 rings (SSSR count). The highest BCUT2D eigenvalue weighted by Crippen LogP contribution is 2.29. The standard InChI is InChI=1S/C22H25N7O3/c1-13-8-14(2)29-22(24-13)25-18(27-29)12-19(30)26-20(21-23-6-7-28(21)3)15-9-16(31-4)11-17(10-15)32-5/h6-11,20H,12H2,1-5H3,(H,26,30). The maximum atomic E-state index is 13.0. The van der Waals surface area contributed by atoms with Gasteiger partial charge in [-0.25, -0.2) is 14.5 Å². The summed E-state index contributed by atoms with van der Waals surface area (Å²) in [6.07, 6.45) is 3.52. The molecule has 0 saturated heterocycles. The van der Waals surface area contributed by atoms with Gasteiger partial charge in [0.05, 0.1) is 20.6 Å². The molecule has 10 heteroatoms. The van der Waals surface area contributed by atoms with Gasteiger partial charge in [0, 0.05) is 36.9 Å². The first-order chi connectivity index (χ1) is 15.4. The largest absolute Gasteiger partial charge is 0.497 e. The second-order valence-electron chi connectivity index (χ2n) is 7.50. The maximum Gasteiger partial charge on any atom is 0.252 e. The van der Waals surface area contributed by atoms with E-state index in [1.807, 2.05) is 49.9 Å². The zero-order chi connectivity index (χ0) is 22.8. The molecule has 0 aliphatic carbocycles. The van der Waals surface area contributed by atoms with Crippen molar-refractivity contribution in [3.05, 3.63) is 65.3 Å². The molecule has 1 aromatic carbocycles. The van der Waals surface area contributed by atoms with E-state index in [4.69, 9.17) is 9.47 Å². The van der Waals surface area contributed by atoms with E-state index in [0.717, 1.165) is 17.0 Å². The molecule has 1 unspecified atom stereocenters. The summed E-state index contributed by atoms with van der Waals surface area (Å²) in [6.45, 7) is 3.82. The fraction of sp³-hybridized carbons (Fsp3) is 0.318. The molecule has 3 heterocycles. The summed E-state index contributed by atoms with van der Waals surface area (Å²) in [4.78, 5) is 26.2. The minimum Gasteiger partial charge on any atom is -0.497 e. The summed E-state index contributed by atoms with van der Waals surface area (Å²) in [6, 6.07) is 6.87. The molecule has 0 saturated carbocycles. The first-order valence-corrected chi connectivity index (χ1v) is 10.1. The van der Waals surface area contributed by atoms with Gasteiger partial charge in [-0.3, -0.25) is 4.79 Å². The number of ether oxygens (including phenoxy) is 2. The summed E-state index contributed by atoms with van der Waals surface area (Å²) >= 11 is 0. The fourth-order valence-electron chi connectivity index (χ4n) is 3.59. The lowest BCUT2D eigenvalue weighted by atomic mass is 10.0. The number of imidazole rings is 1. The number of hydrogen-bond donors (Lipinski definition) is 1. The van der Waals surface area contributed by atoms with Crippen molar-refractivity contribution in [2.45, 2.75) is 26.3 Å². The second kappa shape index (κ2) is 8.66. The third-order valence-electron chi connectivity index (χ3n) is 5.11. The van der Waals surface area contributed by atoms with E-state index in [2.05, 4.69) is 25.4 Å². The Balaban J connectivity index is 1.64. The number of nitrogens with one attached hydrogen (secondary N) is 1. The number of carbonyl (C=O) groups excluding carboxylic acids is 1. The summed E-state index contributed by atoms with van der Waals surface area (Å²) in [7, 11) is 5.04. The van der Waals surface area contributed by atoms with Gasteiger partial charge in [0.1, 0.15) is 23.4 Å². The molecule has 1 atom stereocenters. The van der Waals surface area contributed by atoms with Crippen LogP contribution >= 0.6 is 0 Å². The smallest absolute Gasteiger partial charge is 0.252 e. The van der Waals surface area contributed by atoms with Crippen molar-refractivity contribution in [3.8, 4) is 11.5 Å². The Bertz CT molecular complexity index is 1260. The Kier molecular flexibility index (Phi) is 5.76. The van der Waals surface area contributed by atoms with Crippen LogP contribution in [-0.4, -0.2) is 49.3 Å². The van der Waals surface area contributed by atoms with E-state index < -0.39 is 6.04 Å². The Morgan fingerprint density at radius 2 is 1.81 bits per heavy atom. The van der Waals surface area contributed by atoms with Gasteiger partial charge in [-0.1, -0.05) is 0 Å². The minimum absolute atomic E-state index is 0.00384. The number of nitrogens with zero attached hydrogens (tertiary/aromatic N) is 6. The number of carbonyl (C=O) groups is 1. The highest BCUT2D eigenvalue weighted by Gasteiger charge is 2.23. The molecular formula is C22H25N7O3. The highest BCUT2D eigenvalue weighted by molar-refractivity contribution is 5.78. The summed E-state index contributed by atoms with van der Waals surface area (Å²) in [5, 5.41) is 7.48. The topological polar surface area (TPSA) is 108 Å². The van der Waals surface area contributed by atoms with Crippen molar-refractivity contribution in [2.24, 2.45) is 7.05 Å². The molecule has 0 bridgehead atoms. The van der Waals surface area contributed by atoms with Crippen molar-refractivity contribution in [1.82, 2.24) is 34.4 Å². The molecule has 3 aromatic heterocycles. The predicted octanol–water partition coefficient (Wildman–Crippen LogP) is 1.94. The van der Waals surface area contributed by atoms with E-state index in [1.54, 1.807) is 31.0 Å². The molecule has 0 aliphatic heterocycles. The van der Waals surface area contributed by atoms with Crippen molar-refractivity contribution in [1.29, 1.82) is 0 Å². The van der Waals surface area contributed by atoms with Crippen molar-refractivity contribution < 1.29 is 14.3 Å². The normalized spacial score (nSPS) is 12.0. The molecule has 4 aromatic rings. The van der Waals surface area contributed by atoms with Crippen LogP contribution in [0.5, 0.6) is 11.5 Å². The van der Waals surface area contributed by atoms with Crippen LogP contribution in [0.15, 0.2) is 36.7 Å². The van der Waals surface area contributed by atoms with Crippen LogP contribution < -0.4 is 14.8 Å². The number of hydrogen-bond acceptors (Lipinski definition) is 7. The Labute approximate surface area is 185 Å². The van der Waals surface area contributed by atoms with E-state index in [-0.39, 0.29) is 12.3 Å². The van der Waals surface area contributed by atoms with E-state index >= 15 is 0 Å². The van der Waals surface area contributed by atoms with E-state index in [0.29, 0.717) is 28.9 Å². The van der Waals surface area contributed by atoms with Crippen LogP contribution in [0, 0.1) is 13.8 Å². The molecule has 0 fully saturated rings. The maximum absolute atomic E-state index is 13.0. The zero-order valence-corrected chi connectivity index (χ0v) is 18.7. The van der Waals surface area contributed by atoms with Crippen molar-refractivity contribution in [3.63, 3.8) is 0 Å². The first-order valence-electron chi connectivity index (χ1n) is 10.1. The van der Waals surface area contributed by atoms with Gasteiger partial charge in [-0.15, -0.1) is 5.10 Å². The van der Waals surface area contributed by atoms with E-state index in [1.165, 1.54) is 0 Å². The monoisotopic (exact) mass is 435 g/mol. The van der Waals surface area contributed by atoms with Gasteiger partial charge in [-0.05, 0) is 37.6 Å². The van der Waals surface area contributed by atoms with Crippen LogP contribution in [0.3, 0.4) is 0 Å². The average molecular weight is 435 g/mol. The SMILES string of the molecule is COc1cc(OC)cc(C(NC(=O)Cc2nc3nc(C)cc(C)n3n2)c2nccn2C)c1. The molecule has 10 nitrogen and oxygen atoms in total. The van der Waals surface area contributed by atoms with Crippen molar-refractivity contribution >= 4 is 11.7 Å². The molecule has 0 spiro atoms. The quantitative estimate of drug-likeness (QED) is 0.473. The predicted molar refractivity (Wildman–Crippen MR) is 117 cm³/mol. The van der Waals surface area contributed by atoms with Gasteiger partial charge in [0.2, 0.25) is 5.91 Å². The van der Waals surface area contributed by atoms with Crippen LogP contribution in [0.2, 0.25) is 0 Å². The molecule has 0 aliphatic rings. The number of aromatic nitrogens is 6. The molecule has 1 amide bonds. The second-order valence-corrected chi connectivity index (χ2v) is 7.50. The lowest BCUT2D eigenvalue weighted by molar-refractivity contribution is -0.121. The van der Waals surface area contributed by atoms with Crippen LogP contribution in [0.1, 0.15) is 34.6 Å². The van der Waals surface area contributed by atoms with Crippen LogP contribution in [0.4, 0.5) is 0 Å². The number of aryl methyl sites for hydroxylation is 3. The molecule has 0 radical (unpaired) electrons. The minimum atomic E-state index is -0.523. The number of methoxy groups -OCH3 is 2. The molecular weight excluding hydrogens is 410 g/mol. The summed E-state index contributed by atoms with van der Waals surface area (Å²) < 4.78 is 14.3. The zero-order valence-electron chi connectivity index (χ0n) is 18.7. The molecule has 1 N–H and O–H groups in total. The highest BCUT2D eigenvalue weighted by atomic mass is 16.5. The number of amides is 1. The van der Waals surface area contributed by atoms with E-state index in [9.17, 15) is 4.79 Å². The third kappa shape index (κ3) is 4.25. The molecule has 166 valence electrons. The third-order valence-corrected chi connectivity index (χ3v) is 5.11. The fourth-order valence-corrected chi connectivity index (χ4v) is 3.59. The van der Waals surface area contributed by atoms with Gasteiger partial charge in [-0.2, -0.15) is 4.98 Å². The summed E-state index contributed by atoms with van der Waals surface area (Å²) in [5.41, 5.74) is 2.53. The lowest BCUT2D eigenvalue weighted by Crippen LogP contribution is -2.32. The molecule has 32 heavy (non-hydrogen) atoms. The van der Waals surface area contributed by atoms with Gasteiger partial charge < -0.3 is 19.4 Å². The average Bonchev–Trinajstić information content (AvgIpc) is 3.37. The van der Waals surface area contributed by atoms with Crippen LogP contribution in [-0.2, 0) is 18.3 Å². The van der Waals surface area contributed by atoms with Gasteiger partial charge in [0.15, 0.2) is 5.82 Å². The number of benzene rings is 1.